The van der Waals surface area contributed by atoms with Gasteiger partial charge in [0.25, 0.3) is 7.82 Å². The number of nitrogens with zero attached hydrogens (tertiary/aromatic N) is 1. The molecule has 0 saturated heterocycles. The Morgan fingerprint density at radius 2 is 0.924 bits per heavy atom. The van der Waals surface area contributed by atoms with Crippen LogP contribution in [0, 0.1) is 0 Å². The summed E-state index contributed by atoms with van der Waals surface area (Å²) in [6, 6.07) is -0.794. The third kappa shape index (κ3) is 50.3. The zero-order valence-corrected chi connectivity index (χ0v) is 45.0. The lowest BCUT2D eigenvalue weighted by Crippen LogP contribution is -2.46. The summed E-state index contributed by atoms with van der Waals surface area (Å²) in [4.78, 5) is 25.2. The molecular formula is C57H109N2O6P. The molecule has 0 spiro atoms. The Bertz CT molecular complexity index is 1210. The molecule has 0 bridgehead atoms. The fourth-order valence-electron chi connectivity index (χ4n) is 8.21. The van der Waals surface area contributed by atoms with E-state index in [0.29, 0.717) is 23.9 Å². The largest absolute Gasteiger partial charge is 0.756 e. The van der Waals surface area contributed by atoms with Crippen LogP contribution in [0.2, 0.25) is 0 Å². The zero-order valence-electron chi connectivity index (χ0n) is 44.1. The number of amides is 1. The van der Waals surface area contributed by atoms with Crippen molar-refractivity contribution in [3.8, 4) is 0 Å². The molecule has 0 rings (SSSR count). The highest BCUT2D eigenvalue weighted by Gasteiger charge is 2.24. The molecule has 0 aliphatic heterocycles. The molecule has 2 N–H and O–H groups in total. The zero-order chi connectivity index (χ0) is 48.5. The Hall–Kier alpha value is -1.54. The van der Waals surface area contributed by atoms with Crippen molar-refractivity contribution in [2.24, 2.45) is 0 Å². The first-order chi connectivity index (χ1) is 32.0. The van der Waals surface area contributed by atoms with Crippen LogP contribution in [0.25, 0.3) is 0 Å². The minimum atomic E-state index is -4.55. The Balaban J connectivity index is 3.67. The summed E-state index contributed by atoms with van der Waals surface area (Å²) in [5, 5.41) is 13.7. The van der Waals surface area contributed by atoms with Crippen LogP contribution in [-0.2, 0) is 18.4 Å². The molecular weight excluding hydrogens is 840 g/mol. The molecule has 8 nitrogen and oxygen atoms in total. The van der Waals surface area contributed by atoms with Crippen molar-refractivity contribution in [1.82, 2.24) is 5.32 Å². The Morgan fingerprint density at radius 1 is 0.545 bits per heavy atom. The molecule has 1 amide bonds. The molecule has 9 heteroatoms. The quantitative estimate of drug-likeness (QED) is 0.0272. The predicted molar refractivity (Wildman–Crippen MR) is 284 cm³/mol. The molecule has 0 aromatic heterocycles. The van der Waals surface area contributed by atoms with Gasteiger partial charge >= 0.3 is 0 Å². The van der Waals surface area contributed by atoms with Gasteiger partial charge in [-0.25, -0.2) is 0 Å². The average Bonchev–Trinajstić information content (AvgIpc) is 3.27. The van der Waals surface area contributed by atoms with E-state index in [9.17, 15) is 19.4 Å². The summed E-state index contributed by atoms with van der Waals surface area (Å²) >= 11 is 0. The number of unbranched alkanes of at least 4 members (excludes halogenated alkanes) is 30. The third-order valence-corrected chi connectivity index (χ3v) is 13.5. The number of quaternary nitrogens is 1. The third-order valence-electron chi connectivity index (χ3n) is 12.6. The minimum Gasteiger partial charge on any atom is -0.756 e. The number of carbonyl (C=O) groups excluding carboxylic acids is 1. The van der Waals surface area contributed by atoms with Crippen LogP contribution in [0.4, 0.5) is 0 Å². The van der Waals surface area contributed by atoms with Crippen molar-refractivity contribution >= 4 is 13.7 Å². The summed E-state index contributed by atoms with van der Waals surface area (Å²) in [5.74, 6) is -0.168. The van der Waals surface area contributed by atoms with Gasteiger partial charge in [0.05, 0.1) is 39.9 Å². The first-order valence-corrected chi connectivity index (χ1v) is 29.4. The van der Waals surface area contributed by atoms with Crippen LogP contribution in [0.3, 0.4) is 0 Å². The first-order valence-electron chi connectivity index (χ1n) is 28.0. The van der Waals surface area contributed by atoms with Crippen LogP contribution in [-0.4, -0.2) is 68.5 Å². The maximum atomic E-state index is 12.8. The Labute approximate surface area is 409 Å². The molecule has 3 unspecified atom stereocenters. The highest BCUT2D eigenvalue weighted by Crippen LogP contribution is 2.38. The number of nitrogens with one attached hydrogen (secondary N) is 1. The van der Waals surface area contributed by atoms with E-state index in [1.807, 2.05) is 21.1 Å². The molecule has 0 aliphatic rings. The summed E-state index contributed by atoms with van der Waals surface area (Å²) < 4.78 is 23.1. The van der Waals surface area contributed by atoms with E-state index in [1.54, 1.807) is 0 Å². The van der Waals surface area contributed by atoms with Crippen molar-refractivity contribution in [3.05, 3.63) is 48.6 Å². The standard InChI is InChI=1S/C57H109N2O6P/c1-6-8-10-12-13-14-15-16-17-18-19-20-21-22-23-24-25-26-27-28-29-30-31-32-33-34-35-36-37-38-39-40-41-42-43-44-45-47-49-51-57(61)58-55(56(60)50-48-46-11-9-7-2)54-65-66(62,63)64-53-52-59(3,4)5/h8,10,13-14,16-17,19-20,55-56,60H,6-7,9,11-12,15,18,21-54H2,1-5H3,(H-,58,61,62,63)/b10-8-,14-13-,17-16-,20-19-. The van der Waals surface area contributed by atoms with Crippen LogP contribution in [0.15, 0.2) is 48.6 Å². The van der Waals surface area contributed by atoms with E-state index in [4.69, 9.17) is 9.05 Å². The topological polar surface area (TPSA) is 108 Å². The molecule has 0 radical (unpaired) electrons. The molecule has 0 fully saturated rings. The van der Waals surface area contributed by atoms with E-state index < -0.39 is 20.0 Å². The molecule has 0 saturated carbocycles. The van der Waals surface area contributed by atoms with Gasteiger partial charge in [-0.15, -0.1) is 0 Å². The van der Waals surface area contributed by atoms with Crippen molar-refractivity contribution in [2.75, 3.05) is 40.9 Å². The Kier molecular flexibility index (Phi) is 47.4. The van der Waals surface area contributed by atoms with Gasteiger partial charge in [0, 0.05) is 6.42 Å². The summed E-state index contributed by atoms with van der Waals surface area (Å²) in [7, 11) is 1.31. The fraction of sp³-hybridized carbons (Fsp3) is 0.842. The SMILES string of the molecule is CC/C=C\C/C=C\C/C=C\C/C=C\CCCCCCCCCCCCCCCCCCCCCCCCCCCCC(=O)NC(COP(=O)([O-])OCC[N+](C)(C)C)C(O)CCCCCCC. The normalized spacial score (nSPS) is 14.3. The molecule has 388 valence electrons. The second-order valence-electron chi connectivity index (χ2n) is 20.3. The van der Waals surface area contributed by atoms with Gasteiger partial charge < -0.3 is 28.8 Å². The van der Waals surface area contributed by atoms with Gasteiger partial charge in [-0.1, -0.05) is 249 Å². The van der Waals surface area contributed by atoms with Crippen molar-refractivity contribution < 1.29 is 32.9 Å². The summed E-state index contributed by atoms with van der Waals surface area (Å²) in [5.41, 5.74) is 0. The smallest absolute Gasteiger partial charge is 0.268 e. The highest BCUT2D eigenvalue weighted by molar-refractivity contribution is 7.45. The van der Waals surface area contributed by atoms with Crippen LogP contribution < -0.4 is 10.2 Å². The van der Waals surface area contributed by atoms with E-state index in [-0.39, 0.29) is 19.1 Å². The molecule has 66 heavy (non-hydrogen) atoms. The molecule has 0 aromatic carbocycles. The number of aliphatic hydroxyl groups is 1. The van der Waals surface area contributed by atoms with Gasteiger partial charge in [0.15, 0.2) is 0 Å². The highest BCUT2D eigenvalue weighted by atomic mass is 31.2. The lowest BCUT2D eigenvalue weighted by molar-refractivity contribution is -0.870. The molecule has 0 heterocycles. The van der Waals surface area contributed by atoms with Gasteiger partial charge in [-0.3, -0.25) is 9.36 Å². The van der Waals surface area contributed by atoms with Gasteiger partial charge in [0.1, 0.15) is 13.2 Å². The number of likely N-dealkylation sites (N-methyl/N-ethyl adjacent to an activating group) is 1. The number of carbonyl (C=O) groups is 1. The average molecular weight is 949 g/mol. The van der Waals surface area contributed by atoms with Crippen molar-refractivity contribution in [2.45, 2.75) is 270 Å². The molecule has 0 aromatic rings. The first kappa shape index (κ1) is 64.5. The van der Waals surface area contributed by atoms with Crippen molar-refractivity contribution in [1.29, 1.82) is 0 Å². The molecule has 0 aliphatic carbocycles. The number of rotatable bonds is 51. The maximum absolute atomic E-state index is 12.8. The van der Waals surface area contributed by atoms with E-state index in [2.05, 4.69) is 67.8 Å². The number of allylic oxidation sites excluding steroid dienone is 8. The lowest BCUT2D eigenvalue weighted by Gasteiger charge is -2.30. The number of phosphoric acid groups is 1. The second-order valence-corrected chi connectivity index (χ2v) is 21.7. The van der Waals surface area contributed by atoms with Crippen LogP contribution in [0.1, 0.15) is 258 Å². The lowest BCUT2D eigenvalue weighted by atomic mass is 10.0. The van der Waals surface area contributed by atoms with Gasteiger partial charge in [-0.2, -0.15) is 0 Å². The fourth-order valence-corrected chi connectivity index (χ4v) is 8.93. The number of hydrogen-bond acceptors (Lipinski definition) is 6. The van der Waals surface area contributed by atoms with Crippen LogP contribution in [0.5, 0.6) is 0 Å². The van der Waals surface area contributed by atoms with E-state index >= 15 is 0 Å². The summed E-state index contributed by atoms with van der Waals surface area (Å²) in [6.07, 6.45) is 63.7. The maximum Gasteiger partial charge on any atom is 0.268 e. The second kappa shape index (κ2) is 48.5. The van der Waals surface area contributed by atoms with Gasteiger partial charge in [0.2, 0.25) is 5.91 Å². The number of phosphoric ester groups is 1. The molecule has 3 atom stereocenters. The number of hydrogen-bond donors (Lipinski definition) is 2. The minimum absolute atomic E-state index is 0.0126. The van der Waals surface area contributed by atoms with E-state index in [0.717, 1.165) is 77.0 Å². The van der Waals surface area contributed by atoms with Crippen molar-refractivity contribution in [3.63, 3.8) is 0 Å². The van der Waals surface area contributed by atoms with Crippen LogP contribution >= 0.6 is 7.82 Å². The van der Waals surface area contributed by atoms with E-state index in [1.165, 1.54) is 154 Å². The monoisotopic (exact) mass is 949 g/mol. The summed E-state index contributed by atoms with van der Waals surface area (Å²) in [6.45, 7) is 4.53. The Morgan fingerprint density at radius 3 is 1.35 bits per heavy atom. The predicted octanol–water partition coefficient (Wildman–Crippen LogP) is 16.1. The van der Waals surface area contributed by atoms with Gasteiger partial charge in [-0.05, 0) is 51.4 Å². The number of aliphatic hydroxyl groups excluding tert-OH is 1.